The van der Waals surface area contributed by atoms with Crippen LogP contribution < -0.4 is 14.6 Å². The fraction of sp³-hybridized carbons (Fsp3) is 0.292. The number of hydrogen-bond donors (Lipinski definition) is 2. The molecule has 1 saturated carbocycles. The van der Waals surface area contributed by atoms with Gasteiger partial charge in [-0.15, -0.1) is 3.96 Å². The summed E-state index contributed by atoms with van der Waals surface area (Å²) in [7, 11) is 2.01. The zero-order valence-corrected chi connectivity index (χ0v) is 20.0. The quantitative estimate of drug-likeness (QED) is 0.376. The molecule has 0 bridgehead atoms. The van der Waals surface area contributed by atoms with Crippen LogP contribution in [0.4, 0.5) is 5.82 Å². The van der Waals surface area contributed by atoms with Crippen LogP contribution in [0.2, 0.25) is 5.02 Å². The molecule has 170 valence electrons. The number of aryl methyl sites for hydroxylation is 1. The second-order valence-electron chi connectivity index (χ2n) is 9.19. The lowest BCUT2D eigenvalue weighted by molar-refractivity contribution is -0.599. The number of nitrogens with two attached hydrogens (primary N) is 1. The predicted molar refractivity (Wildman–Crippen MR) is 133 cm³/mol. The molecule has 4 aromatic heterocycles. The number of aromatic nitrogens is 6. The van der Waals surface area contributed by atoms with Crippen molar-refractivity contribution in [3.05, 3.63) is 59.6 Å². The van der Waals surface area contributed by atoms with Gasteiger partial charge >= 0.3 is 0 Å². The predicted octanol–water partition coefficient (Wildman–Crippen LogP) is 3.07. The lowest BCUT2D eigenvalue weighted by Gasteiger charge is -2.26. The molecular weight excluding hydrogens is 468 g/mol. The van der Waals surface area contributed by atoms with Gasteiger partial charge in [-0.2, -0.15) is 5.10 Å². The van der Waals surface area contributed by atoms with Crippen molar-refractivity contribution in [2.24, 2.45) is 24.6 Å². The van der Waals surface area contributed by atoms with Gasteiger partial charge in [-0.25, -0.2) is 9.97 Å². The Morgan fingerprint density at radius 1 is 1.24 bits per heavy atom. The van der Waals surface area contributed by atoms with E-state index in [1.807, 2.05) is 41.6 Å². The molecule has 8 nitrogen and oxygen atoms in total. The van der Waals surface area contributed by atoms with Gasteiger partial charge in [-0.1, -0.05) is 23.7 Å². The zero-order chi connectivity index (χ0) is 23.0. The first-order valence-corrected chi connectivity index (χ1v) is 12.4. The molecule has 0 amide bonds. The maximum absolute atomic E-state index is 6.77. The highest BCUT2D eigenvalue weighted by Crippen LogP contribution is 2.62. The number of fused-ring (bicyclic) bond motifs is 3. The third-order valence-corrected chi connectivity index (χ3v) is 9.06. The smallest absolute Gasteiger partial charge is 0.202 e. The molecule has 1 saturated heterocycles. The number of anilines is 1. The van der Waals surface area contributed by atoms with E-state index in [-0.39, 0.29) is 5.41 Å². The van der Waals surface area contributed by atoms with E-state index >= 15 is 0 Å². The number of piperidine rings is 1. The number of nitrogens with zero attached hydrogens (tertiary/aromatic N) is 6. The summed E-state index contributed by atoms with van der Waals surface area (Å²) in [5, 5.41) is 9.39. The molecule has 5 heterocycles. The minimum absolute atomic E-state index is 0.0113. The fourth-order valence-corrected chi connectivity index (χ4v) is 7.04. The molecule has 2 aliphatic rings. The van der Waals surface area contributed by atoms with E-state index in [0.717, 1.165) is 51.5 Å². The first kappa shape index (κ1) is 20.3. The largest absolute Gasteiger partial charge is 0.355 e. The number of halogens is 1. The van der Waals surface area contributed by atoms with Gasteiger partial charge in [0.05, 0.1) is 22.3 Å². The fourth-order valence-electron chi connectivity index (χ4n) is 5.80. The van der Waals surface area contributed by atoms with Crippen LogP contribution in [0.25, 0.3) is 32.5 Å². The van der Waals surface area contributed by atoms with Crippen molar-refractivity contribution < 1.29 is 3.96 Å². The standard InChI is InChI=1S/C24H21ClN8S/c1-32-9-13-5-6-14(19(25)22(13)34-32)20-21-23(31-30-20)29-18(8-28-21)33-10-15-16(11-33)24(15,12-26)17-4-2-3-7-27-17/h2-9,15-16H,10-12,26H2,1H3/p+1/t15-,16+,24?. The average Bonchev–Trinajstić information content (AvgIpc) is 3.31. The van der Waals surface area contributed by atoms with Crippen molar-refractivity contribution in [1.29, 1.82) is 0 Å². The van der Waals surface area contributed by atoms with Gasteiger partial charge in [0, 0.05) is 42.5 Å². The van der Waals surface area contributed by atoms with Gasteiger partial charge in [0.2, 0.25) is 5.65 Å². The third-order valence-electron chi connectivity index (χ3n) is 7.54. The van der Waals surface area contributed by atoms with Crippen molar-refractivity contribution in [3.8, 4) is 11.3 Å². The summed E-state index contributed by atoms with van der Waals surface area (Å²) in [5.41, 5.74) is 10.3. The van der Waals surface area contributed by atoms with Gasteiger partial charge in [-0.3, -0.25) is 10.1 Å². The Morgan fingerprint density at radius 2 is 2.09 bits per heavy atom. The van der Waals surface area contributed by atoms with Gasteiger partial charge in [0.25, 0.3) is 0 Å². The average molecular weight is 490 g/mol. The number of aromatic amines is 1. The molecule has 1 aromatic carbocycles. The summed E-state index contributed by atoms with van der Waals surface area (Å²) in [5.74, 6) is 1.81. The minimum Gasteiger partial charge on any atom is -0.355 e. The first-order valence-electron chi connectivity index (χ1n) is 11.3. The first-order chi connectivity index (χ1) is 16.6. The summed E-state index contributed by atoms with van der Waals surface area (Å²) >= 11 is 8.38. The molecule has 1 unspecified atom stereocenters. The van der Waals surface area contributed by atoms with Crippen molar-refractivity contribution in [2.75, 3.05) is 24.5 Å². The number of rotatable bonds is 4. The van der Waals surface area contributed by atoms with Crippen LogP contribution in [0.1, 0.15) is 5.69 Å². The van der Waals surface area contributed by atoms with Crippen LogP contribution in [0.3, 0.4) is 0 Å². The summed E-state index contributed by atoms with van der Waals surface area (Å²) in [6, 6.07) is 10.2. The summed E-state index contributed by atoms with van der Waals surface area (Å²) in [6.45, 7) is 2.41. The van der Waals surface area contributed by atoms with Crippen LogP contribution >= 0.6 is 23.1 Å². The molecule has 1 aliphatic carbocycles. The second-order valence-corrected chi connectivity index (χ2v) is 10.7. The number of benzene rings is 1. The number of hydrogen-bond acceptors (Lipinski definition) is 7. The summed E-state index contributed by atoms with van der Waals surface area (Å²) < 4.78 is 3.09. The van der Waals surface area contributed by atoms with E-state index in [1.165, 1.54) is 0 Å². The maximum atomic E-state index is 6.77. The highest BCUT2D eigenvalue weighted by atomic mass is 35.5. The molecular formula is C24H22ClN8S+. The van der Waals surface area contributed by atoms with Gasteiger partial charge in [-0.05, 0) is 30.0 Å². The van der Waals surface area contributed by atoms with Crippen LogP contribution in [0.5, 0.6) is 0 Å². The molecule has 2 fully saturated rings. The monoisotopic (exact) mass is 489 g/mol. The molecule has 0 radical (unpaired) electrons. The Hall–Kier alpha value is -3.14. The van der Waals surface area contributed by atoms with Gasteiger partial charge < -0.3 is 10.6 Å². The Kier molecular flexibility index (Phi) is 4.28. The number of pyridine rings is 1. The van der Waals surface area contributed by atoms with E-state index < -0.39 is 0 Å². The normalized spacial score (nSPS) is 23.7. The Labute approximate surface area is 204 Å². The zero-order valence-electron chi connectivity index (χ0n) is 18.4. The van der Waals surface area contributed by atoms with Crippen molar-refractivity contribution in [3.63, 3.8) is 0 Å². The van der Waals surface area contributed by atoms with E-state index in [9.17, 15) is 0 Å². The molecule has 7 rings (SSSR count). The second kappa shape index (κ2) is 7.18. The minimum atomic E-state index is -0.0113. The Balaban J connectivity index is 1.19. The van der Waals surface area contributed by atoms with E-state index in [2.05, 4.69) is 38.4 Å². The highest BCUT2D eigenvalue weighted by Gasteiger charge is 2.69. The molecule has 10 heteroatoms. The van der Waals surface area contributed by atoms with Crippen molar-refractivity contribution >= 4 is 50.2 Å². The number of nitrogens with one attached hydrogen (secondary N) is 1. The Morgan fingerprint density at radius 3 is 2.85 bits per heavy atom. The SMILES string of the molecule is C[n+]1cc2ccc(-c3[nH]nc4nc(N5C[C@@H]6[C@H](C5)C6(CN)c5ccccn5)cnc34)c(Cl)c2s1. The molecule has 3 N–H and O–H groups in total. The lowest BCUT2D eigenvalue weighted by Crippen LogP contribution is -2.35. The Bertz CT molecular complexity index is 1550. The van der Waals surface area contributed by atoms with Crippen LogP contribution in [0.15, 0.2) is 48.9 Å². The molecule has 0 spiro atoms. The molecule has 3 atom stereocenters. The number of H-pyrrole nitrogens is 1. The molecule has 5 aromatic rings. The molecule has 34 heavy (non-hydrogen) atoms. The van der Waals surface area contributed by atoms with E-state index in [4.69, 9.17) is 27.3 Å². The van der Waals surface area contributed by atoms with Crippen LogP contribution in [0, 0.1) is 11.8 Å². The van der Waals surface area contributed by atoms with Crippen LogP contribution in [-0.4, -0.2) is 44.8 Å². The topological polar surface area (TPSA) is 100 Å². The maximum Gasteiger partial charge on any atom is 0.202 e. The summed E-state index contributed by atoms with van der Waals surface area (Å²) in [6.07, 6.45) is 5.77. The third kappa shape index (κ3) is 2.71. The van der Waals surface area contributed by atoms with Gasteiger partial charge in [0.15, 0.2) is 13.2 Å². The highest BCUT2D eigenvalue weighted by molar-refractivity contribution is 7.10. The van der Waals surface area contributed by atoms with Crippen molar-refractivity contribution in [2.45, 2.75) is 5.41 Å². The summed E-state index contributed by atoms with van der Waals surface area (Å²) in [4.78, 5) is 16.5. The van der Waals surface area contributed by atoms with Gasteiger partial charge in [0.1, 0.15) is 27.6 Å². The van der Waals surface area contributed by atoms with E-state index in [1.54, 1.807) is 11.5 Å². The molecule has 1 aliphatic heterocycles. The van der Waals surface area contributed by atoms with Crippen molar-refractivity contribution in [1.82, 2.24) is 25.1 Å². The van der Waals surface area contributed by atoms with E-state index in [0.29, 0.717) is 29.1 Å². The van der Waals surface area contributed by atoms with Crippen LogP contribution in [-0.2, 0) is 12.5 Å². The lowest BCUT2D eigenvalue weighted by atomic mass is 9.95.